The summed E-state index contributed by atoms with van der Waals surface area (Å²) in [4.78, 5) is 2.46. The van der Waals surface area contributed by atoms with Gasteiger partial charge in [0.15, 0.2) is 0 Å². The summed E-state index contributed by atoms with van der Waals surface area (Å²) in [6.07, 6.45) is 1.87. The summed E-state index contributed by atoms with van der Waals surface area (Å²) in [5.74, 6) is 0.844. The highest BCUT2D eigenvalue weighted by atomic mass is 16.5. The highest BCUT2D eigenvalue weighted by Crippen LogP contribution is 2.28. The Balaban J connectivity index is 1.59. The van der Waals surface area contributed by atoms with Gasteiger partial charge in [0.25, 0.3) is 0 Å². The highest BCUT2D eigenvalue weighted by Gasteiger charge is 2.33. The number of likely N-dealkylation sites (tertiary alicyclic amines) is 1. The molecule has 0 aromatic heterocycles. The Morgan fingerprint density at radius 2 is 1.71 bits per heavy atom. The van der Waals surface area contributed by atoms with Crippen LogP contribution in [0, 0.1) is 0 Å². The second-order valence-electron chi connectivity index (χ2n) is 6.55. The Morgan fingerprint density at radius 1 is 1.04 bits per heavy atom. The second kappa shape index (κ2) is 7.69. The molecule has 24 heavy (non-hydrogen) atoms. The number of piperidine rings is 1. The van der Waals surface area contributed by atoms with E-state index in [4.69, 9.17) is 4.74 Å². The first kappa shape index (κ1) is 16.8. The van der Waals surface area contributed by atoms with Gasteiger partial charge in [0.05, 0.1) is 19.3 Å². The number of anilines is 1. The number of hydrogen-bond donors (Lipinski definition) is 2. The monoisotopic (exact) mass is 326 g/mol. The molecular weight excluding hydrogens is 300 g/mol. The van der Waals surface area contributed by atoms with E-state index >= 15 is 0 Å². The smallest absolute Gasteiger partial charge is 0.119 e. The summed E-state index contributed by atoms with van der Waals surface area (Å²) < 4.78 is 5.20. The van der Waals surface area contributed by atoms with Crippen molar-refractivity contribution in [1.82, 2.24) is 4.90 Å². The Hall–Kier alpha value is -2.04. The molecule has 128 valence electrons. The van der Waals surface area contributed by atoms with E-state index in [0.29, 0.717) is 0 Å². The predicted octanol–water partition coefficient (Wildman–Crippen LogP) is 3.13. The minimum absolute atomic E-state index is 0.151. The van der Waals surface area contributed by atoms with Gasteiger partial charge in [-0.2, -0.15) is 0 Å². The van der Waals surface area contributed by atoms with Gasteiger partial charge >= 0.3 is 0 Å². The fourth-order valence-electron chi connectivity index (χ4n) is 3.28. The lowest BCUT2D eigenvalue weighted by Gasteiger charge is -2.42. The third-order valence-corrected chi connectivity index (χ3v) is 4.86. The predicted molar refractivity (Wildman–Crippen MR) is 97.4 cm³/mol. The van der Waals surface area contributed by atoms with Crippen molar-refractivity contribution in [3.63, 3.8) is 0 Å². The molecule has 1 saturated heterocycles. The van der Waals surface area contributed by atoms with Crippen molar-refractivity contribution in [3.8, 4) is 5.75 Å². The van der Waals surface area contributed by atoms with Crippen LogP contribution in [0.4, 0.5) is 5.69 Å². The summed E-state index contributed by atoms with van der Waals surface area (Å²) in [5.41, 5.74) is 2.14. The van der Waals surface area contributed by atoms with E-state index in [-0.39, 0.29) is 12.1 Å². The van der Waals surface area contributed by atoms with E-state index < -0.39 is 0 Å². The summed E-state index contributed by atoms with van der Waals surface area (Å²) in [5, 5.41) is 13.5. The third kappa shape index (κ3) is 4.08. The molecule has 1 aliphatic rings. The van der Waals surface area contributed by atoms with Gasteiger partial charge in [0.2, 0.25) is 0 Å². The fourth-order valence-corrected chi connectivity index (χ4v) is 3.28. The van der Waals surface area contributed by atoms with Gasteiger partial charge in [-0.15, -0.1) is 0 Å². The molecule has 0 unspecified atom stereocenters. The molecule has 1 fully saturated rings. The van der Waals surface area contributed by atoms with Crippen molar-refractivity contribution < 1.29 is 9.84 Å². The molecule has 2 N–H and O–H groups in total. The van der Waals surface area contributed by atoms with E-state index in [9.17, 15) is 5.11 Å². The Labute approximate surface area is 144 Å². The summed E-state index contributed by atoms with van der Waals surface area (Å²) in [7, 11) is 1.67. The Bertz CT molecular complexity index is 620. The van der Waals surface area contributed by atoms with E-state index in [1.54, 1.807) is 7.11 Å². The molecule has 2 aromatic rings. The summed E-state index contributed by atoms with van der Waals surface area (Å²) >= 11 is 0. The van der Waals surface area contributed by atoms with Gasteiger partial charge in [0.1, 0.15) is 5.75 Å². The molecule has 1 heterocycles. The Morgan fingerprint density at radius 3 is 2.29 bits per heavy atom. The number of nitrogens with zero attached hydrogens (tertiary/aromatic N) is 1. The average Bonchev–Trinajstić information content (AvgIpc) is 2.65. The van der Waals surface area contributed by atoms with Crippen molar-refractivity contribution in [1.29, 1.82) is 0 Å². The van der Waals surface area contributed by atoms with Crippen LogP contribution in [0.25, 0.3) is 0 Å². The minimum atomic E-state index is -0.234. The van der Waals surface area contributed by atoms with Crippen LogP contribution in [0.5, 0.6) is 5.75 Å². The molecule has 4 heteroatoms. The first-order valence-corrected chi connectivity index (χ1v) is 8.52. The average molecular weight is 326 g/mol. The van der Waals surface area contributed by atoms with Crippen molar-refractivity contribution in [2.75, 3.05) is 32.1 Å². The molecule has 0 bridgehead atoms. The van der Waals surface area contributed by atoms with Crippen LogP contribution in [0.15, 0.2) is 54.6 Å². The lowest BCUT2D eigenvalue weighted by Crippen LogP contribution is -2.51. The van der Waals surface area contributed by atoms with Crippen LogP contribution in [0.1, 0.15) is 18.4 Å². The maximum Gasteiger partial charge on any atom is 0.119 e. The second-order valence-corrected chi connectivity index (χ2v) is 6.55. The topological polar surface area (TPSA) is 44.7 Å². The third-order valence-electron chi connectivity index (χ3n) is 4.86. The number of ether oxygens (including phenoxy) is 1. The van der Waals surface area contributed by atoms with Gasteiger partial charge in [-0.1, -0.05) is 30.3 Å². The van der Waals surface area contributed by atoms with Crippen LogP contribution in [0.2, 0.25) is 0 Å². The molecule has 4 nitrogen and oxygen atoms in total. The van der Waals surface area contributed by atoms with E-state index in [1.807, 2.05) is 24.3 Å². The molecule has 1 aliphatic heterocycles. The first-order valence-electron chi connectivity index (χ1n) is 8.52. The maximum atomic E-state index is 9.97. The zero-order valence-corrected chi connectivity index (χ0v) is 14.2. The summed E-state index contributed by atoms with van der Waals surface area (Å²) in [6, 6.07) is 18.5. The van der Waals surface area contributed by atoms with Crippen LogP contribution in [-0.4, -0.2) is 42.4 Å². The lowest BCUT2D eigenvalue weighted by atomic mass is 9.87. The number of hydrogen-bond acceptors (Lipinski definition) is 4. The molecule has 0 aliphatic carbocycles. The number of aliphatic hydroxyl groups is 1. The van der Waals surface area contributed by atoms with Crippen LogP contribution >= 0.6 is 0 Å². The van der Waals surface area contributed by atoms with Gasteiger partial charge in [-0.05, 0) is 42.7 Å². The highest BCUT2D eigenvalue weighted by molar-refractivity contribution is 5.48. The van der Waals surface area contributed by atoms with Gasteiger partial charge < -0.3 is 15.2 Å². The number of benzene rings is 2. The minimum Gasteiger partial charge on any atom is -0.497 e. The number of rotatable bonds is 6. The Kier molecular flexibility index (Phi) is 5.38. The lowest BCUT2D eigenvalue weighted by molar-refractivity contribution is 0.115. The standard InChI is InChI=1S/C20H26N2O2/c1-24-19-9-7-18(8-10-19)21-20(16-23)11-13-22(14-12-20)15-17-5-3-2-4-6-17/h2-10,21,23H,11-16H2,1H3. The van der Waals surface area contributed by atoms with Gasteiger partial charge in [0, 0.05) is 25.3 Å². The maximum absolute atomic E-state index is 9.97. The van der Waals surface area contributed by atoms with Crippen LogP contribution in [0.3, 0.4) is 0 Å². The fraction of sp³-hybridized carbons (Fsp3) is 0.400. The SMILES string of the molecule is COc1ccc(NC2(CO)CCN(Cc3ccccc3)CC2)cc1. The quantitative estimate of drug-likeness (QED) is 0.856. The van der Waals surface area contributed by atoms with Crippen molar-refractivity contribution in [2.45, 2.75) is 24.9 Å². The molecule has 0 amide bonds. The van der Waals surface area contributed by atoms with Crippen molar-refractivity contribution >= 4 is 5.69 Å². The van der Waals surface area contributed by atoms with E-state index in [0.717, 1.165) is 43.9 Å². The largest absolute Gasteiger partial charge is 0.497 e. The normalized spacial score (nSPS) is 17.4. The molecule has 0 saturated carbocycles. The summed E-state index contributed by atoms with van der Waals surface area (Å²) in [6.45, 7) is 3.10. The number of methoxy groups -OCH3 is 1. The zero-order valence-electron chi connectivity index (χ0n) is 14.2. The molecule has 0 spiro atoms. The molecule has 0 atom stereocenters. The van der Waals surface area contributed by atoms with E-state index in [1.165, 1.54) is 5.56 Å². The van der Waals surface area contributed by atoms with Gasteiger partial charge in [-0.25, -0.2) is 0 Å². The first-order chi connectivity index (χ1) is 11.7. The number of nitrogens with one attached hydrogen (secondary N) is 1. The van der Waals surface area contributed by atoms with Crippen molar-refractivity contribution in [2.24, 2.45) is 0 Å². The number of aliphatic hydroxyl groups excluding tert-OH is 1. The molecule has 3 rings (SSSR count). The van der Waals surface area contributed by atoms with Crippen LogP contribution < -0.4 is 10.1 Å². The van der Waals surface area contributed by atoms with Crippen LogP contribution in [-0.2, 0) is 6.54 Å². The molecular formula is C20H26N2O2. The van der Waals surface area contributed by atoms with Gasteiger partial charge in [-0.3, -0.25) is 4.90 Å². The zero-order chi connectivity index (χ0) is 16.8. The molecule has 0 radical (unpaired) electrons. The van der Waals surface area contributed by atoms with Crippen molar-refractivity contribution in [3.05, 3.63) is 60.2 Å². The van der Waals surface area contributed by atoms with E-state index in [2.05, 4.69) is 40.5 Å². The molecule has 2 aromatic carbocycles.